The third-order valence-electron chi connectivity index (χ3n) is 3.07. The van der Waals surface area contributed by atoms with Crippen molar-refractivity contribution in [3.63, 3.8) is 0 Å². The summed E-state index contributed by atoms with van der Waals surface area (Å²) in [5.41, 5.74) is 7.31. The van der Waals surface area contributed by atoms with Crippen LogP contribution in [-0.2, 0) is 6.42 Å². The van der Waals surface area contributed by atoms with Crippen LogP contribution in [-0.4, -0.2) is 18.8 Å². The summed E-state index contributed by atoms with van der Waals surface area (Å²) < 4.78 is 11.2. The van der Waals surface area contributed by atoms with Crippen molar-refractivity contribution in [2.75, 3.05) is 7.11 Å². The third kappa shape index (κ3) is 2.91. The van der Waals surface area contributed by atoms with E-state index in [2.05, 4.69) is 6.07 Å². The third-order valence-corrected chi connectivity index (χ3v) is 3.07. The summed E-state index contributed by atoms with van der Waals surface area (Å²) in [5, 5.41) is 0. The molecule has 1 aliphatic rings. The van der Waals surface area contributed by atoms with E-state index >= 15 is 0 Å². The largest absolute Gasteiger partial charge is 0.493 e. The molecule has 0 spiro atoms. The zero-order valence-corrected chi connectivity index (χ0v) is 10.8. The maximum atomic E-state index is 6.17. The molecular weight excluding hydrogens is 214 g/mol. The quantitative estimate of drug-likeness (QED) is 0.853. The summed E-state index contributed by atoms with van der Waals surface area (Å²) in [5.74, 6) is 1.64. The second-order valence-corrected chi connectivity index (χ2v) is 5.15. The van der Waals surface area contributed by atoms with Crippen molar-refractivity contribution in [3.8, 4) is 11.5 Å². The number of para-hydroxylation sites is 1. The zero-order valence-electron chi connectivity index (χ0n) is 10.8. The molecule has 1 fully saturated rings. The van der Waals surface area contributed by atoms with Crippen LogP contribution in [0.1, 0.15) is 32.3 Å². The zero-order chi connectivity index (χ0) is 12.5. The molecule has 1 saturated carbocycles. The second kappa shape index (κ2) is 4.57. The van der Waals surface area contributed by atoms with Crippen molar-refractivity contribution in [1.29, 1.82) is 0 Å². The highest BCUT2D eigenvalue weighted by atomic mass is 16.5. The van der Waals surface area contributed by atoms with Gasteiger partial charge in [-0.05, 0) is 44.7 Å². The number of hydrogen-bond donors (Lipinski definition) is 1. The molecule has 17 heavy (non-hydrogen) atoms. The minimum atomic E-state index is -0.0124. The van der Waals surface area contributed by atoms with Crippen LogP contribution in [0.2, 0.25) is 0 Å². The summed E-state index contributed by atoms with van der Waals surface area (Å²) in [6.07, 6.45) is 3.21. The molecule has 3 heteroatoms. The Bertz CT molecular complexity index is 397. The van der Waals surface area contributed by atoms with Gasteiger partial charge in [-0.1, -0.05) is 12.1 Å². The Morgan fingerprint density at radius 3 is 2.59 bits per heavy atom. The van der Waals surface area contributed by atoms with Crippen molar-refractivity contribution in [2.45, 2.75) is 44.8 Å². The van der Waals surface area contributed by atoms with Crippen LogP contribution in [0.4, 0.5) is 0 Å². The first-order chi connectivity index (χ1) is 8.04. The first-order valence-corrected chi connectivity index (χ1v) is 6.15. The van der Waals surface area contributed by atoms with Crippen molar-refractivity contribution in [2.24, 2.45) is 5.73 Å². The van der Waals surface area contributed by atoms with Crippen LogP contribution in [0.5, 0.6) is 11.5 Å². The van der Waals surface area contributed by atoms with Gasteiger partial charge in [-0.15, -0.1) is 0 Å². The molecule has 0 unspecified atom stereocenters. The van der Waals surface area contributed by atoms with Crippen molar-refractivity contribution in [1.82, 2.24) is 0 Å². The highest BCUT2D eigenvalue weighted by molar-refractivity contribution is 5.47. The maximum absolute atomic E-state index is 6.17. The average molecular weight is 235 g/mol. The fourth-order valence-corrected chi connectivity index (χ4v) is 1.95. The second-order valence-electron chi connectivity index (χ2n) is 5.15. The smallest absolute Gasteiger partial charge is 0.164 e. The monoisotopic (exact) mass is 235 g/mol. The van der Waals surface area contributed by atoms with Gasteiger partial charge >= 0.3 is 0 Å². The summed E-state index contributed by atoms with van der Waals surface area (Å²) in [6, 6.07) is 6.00. The van der Waals surface area contributed by atoms with Crippen molar-refractivity contribution >= 4 is 0 Å². The first kappa shape index (κ1) is 12.2. The van der Waals surface area contributed by atoms with E-state index < -0.39 is 0 Å². The maximum Gasteiger partial charge on any atom is 0.164 e. The molecule has 2 rings (SSSR count). The summed E-state index contributed by atoms with van der Waals surface area (Å²) in [4.78, 5) is 0. The summed E-state index contributed by atoms with van der Waals surface area (Å²) in [6.45, 7) is 4.04. The SMILES string of the molecule is COc1cccc(CC2(N)CC2)c1OC(C)C. The predicted octanol–water partition coefficient (Wildman–Crippen LogP) is 2.52. The molecule has 0 atom stereocenters. The Morgan fingerprint density at radius 1 is 1.35 bits per heavy atom. The van der Waals surface area contributed by atoms with Crippen LogP contribution in [0.25, 0.3) is 0 Å². The van der Waals surface area contributed by atoms with Crippen LogP contribution >= 0.6 is 0 Å². The topological polar surface area (TPSA) is 44.5 Å². The molecular formula is C14H21NO2. The van der Waals surface area contributed by atoms with Gasteiger partial charge in [0.15, 0.2) is 11.5 Å². The number of rotatable bonds is 5. The lowest BCUT2D eigenvalue weighted by atomic mass is 10.0. The van der Waals surface area contributed by atoms with E-state index in [0.29, 0.717) is 0 Å². The van der Waals surface area contributed by atoms with Gasteiger partial charge in [-0.25, -0.2) is 0 Å². The molecule has 0 heterocycles. The van der Waals surface area contributed by atoms with Gasteiger partial charge in [0.05, 0.1) is 13.2 Å². The van der Waals surface area contributed by atoms with E-state index in [-0.39, 0.29) is 11.6 Å². The summed E-state index contributed by atoms with van der Waals surface area (Å²) in [7, 11) is 1.67. The van der Waals surface area contributed by atoms with Crippen LogP contribution in [0, 0.1) is 0 Å². The standard InChI is InChI=1S/C14H21NO2/c1-10(2)17-13-11(9-14(15)7-8-14)5-4-6-12(13)16-3/h4-6,10H,7-9,15H2,1-3H3. The molecule has 94 valence electrons. The van der Waals surface area contributed by atoms with E-state index in [1.54, 1.807) is 7.11 Å². The number of ether oxygens (including phenoxy) is 2. The van der Waals surface area contributed by atoms with E-state index in [9.17, 15) is 0 Å². The number of methoxy groups -OCH3 is 1. The Morgan fingerprint density at radius 2 is 2.06 bits per heavy atom. The Kier molecular flexibility index (Phi) is 3.29. The lowest BCUT2D eigenvalue weighted by Gasteiger charge is -2.19. The van der Waals surface area contributed by atoms with Crippen LogP contribution in [0.3, 0.4) is 0 Å². The van der Waals surface area contributed by atoms with E-state index in [1.807, 2.05) is 26.0 Å². The number of nitrogens with two attached hydrogens (primary N) is 1. The molecule has 1 aromatic rings. The fraction of sp³-hybridized carbons (Fsp3) is 0.571. The molecule has 0 aromatic heterocycles. The molecule has 0 radical (unpaired) electrons. The van der Waals surface area contributed by atoms with E-state index in [4.69, 9.17) is 15.2 Å². The lowest BCUT2D eigenvalue weighted by molar-refractivity contribution is 0.227. The summed E-state index contributed by atoms with van der Waals surface area (Å²) >= 11 is 0. The van der Waals surface area contributed by atoms with Gasteiger partial charge < -0.3 is 15.2 Å². The minimum absolute atomic E-state index is 0.0124. The Balaban J connectivity index is 2.28. The molecule has 0 bridgehead atoms. The molecule has 2 N–H and O–H groups in total. The number of benzene rings is 1. The van der Waals surface area contributed by atoms with Gasteiger partial charge in [0.2, 0.25) is 0 Å². The molecule has 3 nitrogen and oxygen atoms in total. The first-order valence-electron chi connectivity index (χ1n) is 6.15. The molecule has 1 aromatic carbocycles. The predicted molar refractivity (Wildman–Crippen MR) is 68.6 cm³/mol. The minimum Gasteiger partial charge on any atom is -0.493 e. The molecule has 0 saturated heterocycles. The normalized spacial score (nSPS) is 17.0. The highest BCUT2D eigenvalue weighted by Crippen LogP contribution is 2.40. The van der Waals surface area contributed by atoms with Crippen molar-refractivity contribution < 1.29 is 9.47 Å². The fourth-order valence-electron chi connectivity index (χ4n) is 1.95. The average Bonchev–Trinajstić information content (AvgIpc) is 2.98. The molecule has 0 amide bonds. The van der Waals surface area contributed by atoms with Gasteiger partial charge in [0, 0.05) is 5.54 Å². The van der Waals surface area contributed by atoms with Gasteiger partial charge in [0.1, 0.15) is 0 Å². The van der Waals surface area contributed by atoms with E-state index in [0.717, 1.165) is 36.3 Å². The Labute approximate surface area is 103 Å². The van der Waals surface area contributed by atoms with Gasteiger partial charge in [0.25, 0.3) is 0 Å². The van der Waals surface area contributed by atoms with Crippen molar-refractivity contribution in [3.05, 3.63) is 23.8 Å². The Hall–Kier alpha value is -1.22. The lowest BCUT2D eigenvalue weighted by Crippen LogP contribution is -2.25. The van der Waals surface area contributed by atoms with Gasteiger partial charge in [-0.3, -0.25) is 0 Å². The van der Waals surface area contributed by atoms with E-state index in [1.165, 1.54) is 0 Å². The van der Waals surface area contributed by atoms with Crippen LogP contribution < -0.4 is 15.2 Å². The molecule has 0 aliphatic heterocycles. The van der Waals surface area contributed by atoms with Gasteiger partial charge in [-0.2, -0.15) is 0 Å². The highest BCUT2D eigenvalue weighted by Gasteiger charge is 2.39. The van der Waals surface area contributed by atoms with Crippen LogP contribution in [0.15, 0.2) is 18.2 Å². The molecule has 1 aliphatic carbocycles. The number of hydrogen-bond acceptors (Lipinski definition) is 3.